The molecule has 1 amide bonds. The summed E-state index contributed by atoms with van der Waals surface area (Å²) in [6.07, 6.45) is 0.0892. The molecule has 1 saturated heterocycles. The molecule has 1 aromatic carbocycles. The van der Waals surface area contributed by atoms with E-state index in [1.54, 1.807) is 12.0 Å². The second-order valence-corrected chi connectivity index (χ2v) is 8.08. The molecule has 7 heteroatoms. The lowest BCUT2D eigenvalue weighted by Crippen LogP contribution is -2.28. The van der Waals surface area contributed by atoms with Gasteiger partial charge in [0.2, 0.25) is 11.7 Å². The number of carbonyl (C=O) groups is 3. The lowest BCUT2D eigenvalue weighted by Gasteiger charge is -2.20. The Morgan fingerprint density at radius 3 is 2.61 bits per heavy atom. The summed E-state index contributed by atoms with van der Waals surface area (Å²) in [7, 11) is 1.63. The Morgan fingerprint density at radius 2 is 1.90 bits per heavy atom. The highest BCUT2D eigenvalue weighted by molar-refractivity contribution is 6.01. The maximum absolute atomic E-state index is 12.7. The van der Waals surface area contributed by atoms with Crippen LogP contribution in [0.4, 0.5) is 5.69 Å². The minimum atomic E-state index is -0.575. The van der Waals surface area contributed by atoms with Crippen LogP contribution >= 0.6 is 0 Å². The standard InChI is InChI=1S/C24H30N2O5/c1-15-7-6-8-21(17(15)3)26-13-19(12-23(26)28)24(29)31-14-22(27)20-11-16(2)25(18(20)4)9-10-30-5/h6-8,11,19H,9-10,12-14H2,1-5H3/t19-/m1/s1. The van der Waals surface area contributed by atoms with E-state index in [-0.39, 0.29) is 31.3 Å². The van der Waals surface area contributed by atoms with Gasteiger partial charge in [0, 0.05) is 49.3 Å². The Morgan fingerprint density at radius 1 is 1.16 bits per heavy atom. The summed E-state index contributed by atoms with van der Waals surface area (Å²) < 4.78 is 12.4. The first-order valence-corrected chi connectivity index (χ1v) is 10.5. The monoisotopic (exact) mass is 426 g/mol. The average molecular weight is 427 g/mol. The van der Waals surface area contributed by atoms with Crippen LogP contribution in [-0.4, -0.2) is 49.1 Å². The zero-order chi connectivity index (χ0) is 22.7. The summed E-state index contributed by atoms with van der Waals surface area (Å²) in [6.45, 7) is 8.88. The van der Waals surface area contributed by atoms with Crippen molar-refractivity contribution >= 4 is 23.3 Å². The predicted octanol–water partition coefficient (Wildman–Crippen LogP) is 3.15. The van der Waals surface area contributed by atoms with Crippen LogP contribution in [0.5, 0.6) is 0 Å². The third-order valence-corrected chi connectivity index (χ3v) is 6.06. The molecule has 0 radical (unpaired) electrons. The normalized spacial score (nSPS) is 16.1. The van der Waals surface area contributed by atoms with Crippen molar-refractivity contribution in [2.45, 2.75) is 40.7 Å². The summed E-state index contributed by atoms with van der Waals surface area (Å²) in [6, 6.07) is 7.58. The largest absolute Gasteiger partial charge is 0.457 e. The van der Waals surface area contributed by atoms with Gasteiger partial charge in [0.15, 0.2) is 6.61 Å². The number of Topliss-reactive ketones (excluding diaryl/α,β-unsaturated/α-hetero) is 1. The van der Waals surface area contributed by atoms with E-state index in [0.717, 1.165) is 28.2 Å². The highest BCUT2D eigenvalue weighted by Gasteiger charge is 2.37. The van der Waals surface area contributed by atoms with Crippen LogP contribution in [0, 0.1) is 33.6 Å². The molecular weight excluding hydrogens is 396 g/mol. The number of ether oxygens (including phenoxy) is 2. The maximum Gasteiger partial charge on any atom is 0.311 e. The van der Waals surface area contributed by atoms with Gasteiger partial charge < -0.3 is 18.9 Å². The van der Waals surface area contributed by atoms with Gasteiger partial charge in [-0.1, -0.05) is 12.1 Å². The van der Waals surface area contributed by atoms with E-state index in [4.69, 9.17) is 9.47 Å². The molecule has 7 nitrogen and oxygen atoms in total. The van der Waals surface area contributed by atoms with Gasteiger partial charge in [-0.15, -0.1) is 0 Å². The molecule has 1 aliphatic rings. The number of hydrogen-bond acceptors (Lipinski definition) is 5. The summed E-state index contributed by atoms with van der Waals surface area (Å²) >= 11 is 0. The van der Waals surface area contributed by atoms with Crippen molar-refractivity contribution in [3.63, 3.8) is 0 Å². The van der Waals surface area contributed by atoms with Gasteiger partial charge in [0.05, 0.1) is 12.5 Å². The number of nitrogens with zero attached hydrogens (tertiary/aromatic N) is 2. The Hall–Kier alpha value is -2.93. The van der Waals surface area contributed by atoms with Crippen LogP contribution in [0.25, 0.3) is 0 Å². The highest BCUT2D eigenvalue weighted by Crippen LogP contribution is 2.30. The average Bonchev–Trinajstić information content (AvgIpc) is 3.26. The fourth-order valence-electron chi connectivity index (χ4n) is 4.07. The van der Waals surface area contributed by atoms with Crippen molar-refractivity contribution in [3.05, 3.63) is 52.3 Å². The zero-order valence-electron chi connectivity index (χ0n) is 18.9. The molecule has 1 aliphatic heterocycles. The molecule has 0 bridgehead atoms. The maximum atomic E-state index is 12.7. The van der Waals surface area contributed by atoms with Gasteiger partial charge in [0.1, 0.15) is 0 Å². The molecule has 1 atom stereocenters. The number of ketones is 1. The summed E-state index contributed by atoms with van der Waals surface area (Å²) in [5.74, 6) is -1.44. The number of benzene rings is 1. The second-order valence-electron chi connectivity index (χ2n) is 8.08. The van der Waals surface area contributed by atoms with E-state index in [1.807, 2.05) is 56.5 Å². The van der Waals surface area contributed by atoms with Crippen LogP contribution in [0.2, 0.25) is 0 Å². The van der Waals surface area contributed by atoms with E-state index in [9.17, 15) is 14.4 Å². The predicted molar refractivity (Wildman–Crippen MR) is 117 cm³/mol. The van der Waals surface area contributed by atoms with Gasteiger partial charge >= 0.3 is 5.97 Å². The van der Waals surface area contributed by atoms with Gasteiger partial charge in [-0.2, -0.15) is 0 Å². The van der Waals surface area contributed by atoms with Crippen molar-refractivity contribution in [2.24, 2.45) is 5.92 Å². The van der Waals surface area contributed by atoms with E-state index in [2.05, 4.69) is 0 Å². The minimum absolute atomic E-state index is 0.0892. The molecule has 31 heavy (non-hydrogen) atoms. The number of carbonyl (C=O) groups excluding carboxylic acids is 3. The van der Waals surface area contributed by atoms with Crippen molar-refractivity contribution in [1.82, 2.24) is 4.57 Å². The topological polar surface area (TPSA) is 77.8 Å². The Bertz CT molecular complexity index is 1010. The molecular formula is C24H30N2O5. The summed E-state index contributed by atoms with van der Waals surface area (Å²) in [4.78, 5) is 39.4. The number of esters is 1. The summed E-state index contributed by atoms with van der Waals surface area (Å²) in [5.41, 5.74) is 5.25. The Kier molecular flexibility index (Phi) is 6.95. The number of amides is 1. The third kappa shape index (κ3) is 4.71. The quantitative estimate of drug-likeness (QED) is 0.479. The van der Waals surface area contributed by atoms with Crippen LogP contribution in [0.15, 0.2) is 24.3 Å². The van der Waals surface area contributed by atoms with Crippen LogP contribution in [0.1, 0.15) is 39.3 Å². The van der Waals surface area contributed by atoms with Crippen LogP contribution in [0.3, 0.4) is 0 Å². The lowest BCUT2D eigenvalue weighted by molar-refractivity contribution is -0.147. The smallest absolute Gasteiger partial charge is 0.311 e. The molecule has 0 aliphatic carbocycles. The van der Waals surface area contributed by atoms with E-state index < -0.39 is 11.9 Å². The third-order valence-electron chi connectivity index (χ3n) is 6.06. The molecule has 0 spiro atoms. The molecule has 0 saturated carbocycles. The van der Waals surface area contributed by atoms with Crippen molar-refractivity contribution < 1.29 is 23.9 Å². The number of aromatic nitrogens is 1. The van der Waals surface area contributed by atoms with E-state index in [0.29, 0.717) is 18.7 Å². The Labute approximate surface area is 182 Å². The molecule has 0 unspecified atom stereocenters. The van der Waals surface area contributed by atoms with E-state index >= 15 is 0 Å². The Balaban J connectivity index is 1.62. The number of hydrogen-bond donors (Lipinski definition) is 0. The number of anilines is 1. The van der Waals surface area contributed by atoms with Crippen molar-refractivity contribution in [2.75, 3.05) is 31.8 Å². The van der Waals surface area contributed by atoms with Gasteiger partial charge in [0.25, 0.3) is 0 Å². The first-order valence-electron chi connectivity index (χ1n) is 10.5. The SMILES string of the molecule is COCCn1c(C)cc(C(=O)COC(=O)[C@@H]2CC(=O)N(c3cccc(C)c3C)C2)c1C. The van der Waals surface area contributed by atoms with Gasteiger partial charge in [-0.25, -0.2) is 0 Å². The van der Waals surface area contributed by atoms with Crippen molar-refractivity contribution in [1.29, 1.82) is 0 Å². The minimum Gasteiger partial charge on any atom is -0.457 e. The molecule has 1 aromatic heterocycles. The van der Waals surface area contributed by atoms with Crippen LogP contribution in [-0.2, 0) is 25.6 Å². The fourth-order valence-corrected chi connectivity index (χ4v) is 4.07. The first-order chi connectivity index (χ1) is 14.7. The van der Waals surface area contributed by atoms with E-state index in [1.165, 1.54) is 0 Å². The molecule has 0 N–H and O–H groups in total. The lowest BCUT2D eigenvalue weighted by atomic mass is 10.1. The number of methoxy groups -OCH3 is 1. The molecule has 3 rings (SSSR count). The zero-order valence-corrected chi connectivity index (χ0v) is 18.9. The fraction of sp³-hybridized carbons (Fsp3) is 0.458. The molecule has 2 aromatic rings. The highest BCUT2D eigenvalue weighted by atomic mass is 16.5. The molecule has 166 valence electrons. The number of aryl methyl sites for hydroxylation is 2. The van der Waals surface area contributed by atoms with Crippen molar-refractivity contribution in [3.8, 4) is 0 Å². The number of rotatable bonds is 8. The first kappa shape index (κ1) is 22.7. The molecule has 1 fully saturated rings. The van der Waals surface area contributed by atoms with Gasteiger partial charge in [-0.3, -0.25) is 14.4 Å². The van der Waals surface area contributed by atoms with Crippen LogP contribution < -0.4 is 4.90 Å². The second kappa shape index (κ2) is 9.47. The molecule has 2 heterocycles. The van der Waals surface area contributed by atoms with Gasteiger partial charge in [-0.05, 0) is 51.0 Å². The summed E-state index contributed by atoms with van der Waals surface area (Å²) in [5, 5.41) is 0.